The Bertz CT molecular complexity index is 532. The summed E-state index contributed by atoms with van der Waals surface area (Å²) in [6.45, 7) is 5.70. The number of likely N-dealkylation sites (tertiary alicyclic amines) is 3. The van der Waals surface area contributed by atoms with Crippen molar-refractivity contribution in [2.75, 3.05) is 39.3 Å². The van der Waals surface area contributed by atoms with Gasteiger partial charge in [-0.15, -0.1) is 0 Å². The first kappa shape index (κ1) is 17.0. The fourth-order valence-electron chi connectivity index (χ4n) is 4.07. The predicted molar refractivity (Wildman–Crippen MR) is 89.0 cm³/mol. The van der Waals surface area contributed by atoms with Crippen molar-refractivity contribution in [3.63, 3.8) is 0 Å². The third-order valence-electron chi connectivity index (χ3n) is 5.80. The maximum absolute atomic E-state index is 12.8. The van der Waals surface area contributed by atoms with E-state index in [1.165, 1.54) is 0 Å². The summed E-state index contributed by atoms with van der Waals surface area (Å²) in [6.07, 6.45) is 4.43. The normalized spacial score (nSPS) is 30.7. The summed E-state index contributed by atoms with van der Waals surface area (Å²) < 4.78 is 0. The molecular formula is C17H28N4O3. The van der Waals surface area contributed by atoms with E-state index in [0.29, 0.717) is 26.1 Å². The second-order valence-electron chi connectivity index (χ2n) is 7.70. The lowest BCUT2D eigenvalue weighted by atomic mass is 9.89. The van der Waals surface area contributed by atoms with E-state index in [0.717, 1.165) is 45.3 Å². The molecule has 2 unspecified atom stereocenters. The van der Waals surface area contributed by atoms with Crippen LogP contribution in [-0.2, 0) is 9.59 Å². The van der Waals surface area contributed by atoms with Crippen molar-refractivity contribution < 1.29 is 14.4 Å². The van der Waals surface area contributed by atoms with Crippen LogP contribution in [-0.4, -0.2) is 71.8 Å². The van der Waals surface area contributed by atoms with Crippen molar-refractivity contribution in [2.45, 2.75) is 39.0 Å². The first-order valence-electron chi connectivity index (χ1n) is 9.03. The highest BCUT2D eigenvalue weighted by Crippen LogP contribution is 2.31. The largest absolute Gasteiger partial charge is 0.369 e. The number of primary amides is 1. The average Bonchev–Trinajstić information content (AvgIpc) is 3.24. The van der Waals surface area contributed by atoms with Gasteiger partial charge in [0.15, 0.2) is 0 Å². The van der Waals surface area contributed by atoms with Crippen molar-refractivity contribution in [1.29, 1.82) is 0 Å². The molecule has 3 fully saturated rings. The van der Waals surface area contributed by atoms with Crippen LogP contribution < -0.4 is 5.73 Å². The number of piperidine rings is 1. The number of urea groups is 1. The Morgan fingerprint density at radius 2 is 1.62 bits per heavy atom. The maximum Gasteiger partial charge on any atom is 0.320 e. The Kier molecular flexibility index (Phi) is 4.69. The van der Waals surface area contributed by atoms with Crippen molar-refractivity contribution in [3.8, 4) is 0 Å². The SMILES string of the molecule is CC1(C(N)=O)CCN(C(=O)C2CCCN(C(=O)N3CCCC3)C2)C1. The molecular weight excluding hydrogens is 308 g/mol. The van der Waals surface area contributed by atoms with E-state index in [1.54, 1.807) is 4.90 Å². The van der Waals surface area contributed by atoms with Crippen LogP contribution in [0.3, 0.4) is 0 Å². The van der Waals surface area contributed by atoms with Crippen LogP contribution in [0.4, 0.5) is 4.79 Å². The summed E-state index contributed by atoms with van der Waals surface area (Å²) >= 11 is 0. The molecule has 0 aromatic rings. The summed E-state index contributed by atoms with van der Waals surface area (Å²) in [4.78, 5) is 42.4. The van der Waals surface area contributed by atoms with Crippen molar-refractivity contribution in [2.24, 2.45) is 17.1 Å². The molecule has 0 aromatic carbocycles. The zero-order valence-electron chi connectivity index (χ0n) is 14.5. The second kappa shape index (κ2) is 6.61. The Morgan fingerprint density at radius 1 is 0.958 bits per heavy atom. The Labute approximate surface area is 143 Å². The van der Waals surface area contributed by atoms with Gasteiger partial charge in [-0.25, -0.2) is 4.79 Å². The molecule has 4 amide bonds. The summed E-state index contributed by atoms with van der Waals surface area (Å²) in [7, 11) is 0. The molecule has 3 heterocycles. The number of amides is 4. The summed E-state index contributed by atoms with van der Waals surface area (Å²) in [5, 5.41) is 0. The van der Waals surface area contributed by atoms with E-state index in [2.05, 4.69) is 0 Å². The average molecular weight is 336 g/mol. The monoisotopic (exact) mass is 336 g/mol. The van der Waals surface area contributed by atoms with Gasteiger partial charge in [-0.3, -0.25) is 9.59 Å². The molecule has 0 bridgehead atoms. The van der Waals surface area contributed by atoms with Crippen molar-refractivity contribution in [1.82, 2.24) is 14.7 Å². The van der Waals surface area contributed by atoms with Gasteiger partial charge >= 0.3 is 6.03 Å². The minimum Gasteiger partial charge on any atom is -0.369 e. The zero-order valence-corrected chi connectivity index (χ0v) is 14.5. The van der Waals surface area contributed by atoms with Gasteiger partial charge in [0.05, 0.1) is 11.3 Å². The maximum atomic E-state index is 12.8. The fraction of sp³-hybridized carbons (Fsp3) is 0.824. The van der Waals surface area contributed by atoms with E-state index in [4.69, 9.17) is 5.73 Å². The van der Waals surface area contributed by atoms with E-state index in [-0.39, 0.29) is 23.8 Å². The van der Waals surface area contributed by atoms with Gasteiger partial charge in [0.25, 0.3) is 0 Å². The van der Waals surface area contributed by atoms with Gasteiger partial charge in [-0.2, -0.15) is 0 Å². The molecule has 3 rings (SSSR count). The zero-order chi connectivity index (χ0) is 17.3. The lowest BCUT2D eigenvalue weighted by molar-refractivity contribution is -0.136. The Hall–Kier alpha value is -1.79. The Morgan fingerprint density at radius 3 is 2.25 bits per heavy atom. The summed E-state index contributed by atoms with van der Waals surface area (Å²) in [5.41, 5.74) is 4.85. The third-order valence-corrected chi connectivity index (χ3v) is 5.80. The predicted octanol–water partition coefficient (Wildman–Crippen LogP) is 0.638. The number of nitrogens with two attached hydrogens (primary N) is 1. The topological polar surface area (TPSA) is 87.0 Å². The van der Waals surface area contributed by atoms with Crippen molar-refractivity contribution in [3.05, 3.63) is 0 Å². The molecule has 0 spiro atoms. The van der Waals surface area contributed by atoms with Crippen LogP contribution in [0.25, 0.3) is 0 Å². The third kappa shape index (κ3) is 3.21. The molecule has 3 aliphatic rings. The smallest absolute Gasteiger partial charge is 0.320 e. The molecule has 3 aliphatic heterocycles. The number of hydrogen-bond acceptors (Lipinski definition) is 3. The second-order valence-corrected chi connectivity index (χ2v) is 7.70. The molecule has 0 saturated carbocycles. The number of hydrogen-bond donors (Lipinski definition) is 1. The molecule has 2 atom stereocenters. The van der Waals surface area contributed by atoms with Gasteiger partial charge in [-0.1, -0.05) is 0 Å². The number of rotatable bonds is 2. The molecule has 0 radical (unpaired) electrons. The van der Waals surface area contributed by atoms with Crippen LogP contribution in [0.5, 0.6) is 0 Å². The first-order valence-corrected chi connectivity index (χ1v) is 9.03. The highest BCUT2D eigenvalue weighted by Gasteiger charge is 2.43. The summed E-state index contributed by atoms with van der Waals surface area (Å²) in [5.74, 6) is -0.424. The molecule has 3 saturated heterocycles. The molecule has 24 heavy (non-hydrogen) atoms. The van der Waals surface area contributed by atoms with Crippen LogP contribution in [0.1, 0.15) is 39.0 Å². The highest BCUT2D eigenvalue weighted by atomic mass is 16.2. The van der Waals surface area contributed by atoms with Gasteiger partial charge in [0.1, 0.15) is 0 Å². The molecule has 0 aromatic heterocycles. The summed E-state index contributed by atoms with van der Waals surface area (Å²) in [6, 6.07) is 0.0772. The molecule has 0 aliphatic carbocycles. The van der Waals surface area contributed by atoms with Gasteiger partial charge in [-0.05, 0) is 39.0 Å². The van der Waals surface area contributed by atoms with Gasteiger partial charge < -0.3 is 20.4 Å². The van der Waals surface area contributed by atoms with E-state index in [1.807, 2.05) is 16.7 Å². The lowest BCUT2D eigenvalue weighted by Gasteiger charge is -2.36. The van der Waals surface area contributed by atoms with Crippen molar-refractivity contribution >= 4 is 17.8 Å². The first-order chi connectivity index (χ1) is 11.4. The molecule has 134 valence electrons. The van der Waals surface area contributed by atoms with Crippen LogP contribution in [0.2, 0.25) is 0 Å². The van der Waals surface area contributed by atoms with Gasteiger partial charge in [0.2, 0.25) is 11.8 Å². The van der Waals surface area contributed by atoms with E-state index < -0.39 is 5.41 Å². The van der Waals surface area contributed by atoms with E-state index in [9.17, 15) is 14.4 Å². The van der Waals surface area contributed by atoms with Gasteiger partial charge in [0, 0.05) is 39.3 Å². The number of carbonyl (C=O) groups is 3. The fourth-order valence-corrected chi connectivity index (χ4v) is 4.07. The van der Waals surface area contributed by atoms with Crippen LogP contribution in [0.15, 0.2) is 0 Å². The lowest BCUT2D eigenvalue weighted by Crippen LogP contribution is -2.50. The van der Waals surface area contributed by atoms with E-state index >= 15 is 0 Å². The standard InChI is InChI=1S/C17H28N4O3/c1-17(15(18)23)6-10-21(12-17)14(22)13-5-4-9-20(11-13)16(24)19-7-2-3-8-19/h13H,2-12H2,1H3,(H2,18,23). The van der Waals surface area contributed by atoms with Crippen LogP contribution in [0, 0.1) is 11.3 Å². The molecule has 7 nitrogen and oxygen atoms in total. The number of nitrogens with zero attached hydrogens (tertiary/aromatic N) is 3. The van der Waals surface area contributed by atoms with Crippen LogP contribution >= 0.6 is 0 Å². The minimum absolute atomic E-state index is 0.0684. The number of carbonyl (C=O) groups excluding carboxylic acids is 3. The highest BCUT2D eigenvalue weighted by molar-refractivity contribution is 5.85. The quantitative estimate of drug-likeness (QED) is 0.803. The minimum atomic E-state index is -0.616. The Balaban J connectivity index is 1.59. The molecule has 7 heteroatoms. The molecule has 2 N–H and O–H groups in total.